The Kier molecular flexibility index (Phi) is 10.3. The van der Waals surface area contributed by atoms with Crippen LogP contribution in [0.2, 0.25) is 5.02 Å². The lowest BCUT2D eigenvalue weighted by Crippen LogP contribution is -2.51. The number of non-ortho nitro benzene ring substituents is 1. The normalized spacial score (nSPS) is 12.1. The van der Waals surface area contributed by atoms with Crippen molar-refractivity contribution in [1.82, 2.24) is 10.2 Å². The third kappa shape index (κ3) is 8.32. The molecule has 0 heterocycles. The van der Waals surface area contributed by atoms with Gasteiger partial charge in [-0.15, -0.1) is 0 Å². The Balaban J connectivity index is 2.50. The molecule has 1 N–H and O–H groups in total. The predicted octanol–water partition coefficient (Wildman–Crippen LogP) is 3.21. The highest BCUT2D eigenvalue weighted by atomic mass is 35.5. The van der Waals surface area contributed by atoms with Crippen LogP contribution in [0, 0.1) is 16.0 Å². The first-order valence-electron chi connectivity index (χ1n) is 11.4. The van der Waals surface area contributed by atoms with Crippen molar-refractivity contribution in [3.05, 3.63) is 63.2 Å². The monoisotopic (exact) mass is 554 g/mol. The van der Waals surface area contributed by atoms with Gasteiger partial charge < -0.3 is 15.0 Å². The second-order valence-electron chi connectivity index (χ2n) is 8.85. The van der Waals surface area contributed by atoms with Crippen molar-refractivity contribution in [3.8, 4) is 5.75 Å². The Morgan fingerprint density at radius 2 is 1.84 bits per heavy atom. The molecule has 0 saturated carbocycles. The molecule has 0 aromatic heterocycles. The summed E-state index contributed by atoms with van der Waals surface area (Å²) in [6, 6.07) is 9.20. The summed E-state index contributed by atoms with van der Waals surface area (Å²) in [7, 11) is -2.83. The van der Waals surface area contributed by atoms with Gasteiger partial charge in [0.05, 0.1) is 18.3 Å². The van der Waals surface area contributed by atoms with Crippen molar-refractivity contribution in [2.24, 2.45) is 5.92 Å². The van der Waals surface area contributed by atoms with Crippen LogP contribution in [0.15, 0.2) is 42.5 Å². The van der Waals surface area contributed by atoms with Gasteiger partial charge in [-0.25, -0.2) is 8.42 Å². The van der Waals surface area contributed by atoms with Gasteiger partial charge in [0.25, 0.3) is 5.69 Å². The molecule has 0 radical (unpaired) electrons. The van der Waals surface area contributed by atoms with Crippen LogP contribution in [0.4, 0.5) is 11.4 Å². The predicted molar refractivity (Wildman–Crippen MR) is 141 cm³/mol. The van der Waals surface area contributed by atoms with Gasteiger partial charge >= 0.3 is 0 Å². The van der Waals surface area contributed by atoms with Crippen LogP contribution in [0.5, 0.6) is 5.75 Å². The number of amides is 2. The summed E-state index contributed by atoms with van der Waals surface area (Å²) in [6.07, 6.45) is 0.874. The number of nitro groups is 1. The van der Waals surface area contributed by atoms with Crippen LogP contribution in [-0.4, -0.2) is 62.6 Å². The molecule has 11 nitrogen and oxygen atoms in total. The lowest BCUT2D eigenvalue weighted by Gasteiger charge is -2.32. The van der Waals surface area contributed by atoms with Crippen molar-refractivity contribution in [1.29, 1.82) is 0 Å². The molecule has 2 aromatic carbocycles. The highest BCUT2D eigenvalue weighted by Crippen LogP contribution is 2.34. The minimum Gasteiger partial charge on any atom is -0.495 e. The second-order valence-corrected chi connectivity index (χ2v) is 11.2. The maximum Gasteiger partial charge on any atom is 0.271 e. The number of hydrogen-bond donors (Lipinski definition) is 1. The van der Waals surface area contributed by atoms with Gasteiger partial charge in [0.15, 0.2) is 0 Å². The Hall–Kier alpha value is -3.38. The van der Waals surface area contributed by atoms with Gasteiger partial charge in [-0.1, -0.05) is 37.6 Å². The van der Waals surface area contributed by atoms with Gasteiger partial charge in [-0.2, -0.15) is 0 Å². The lowest BCUT2D eigenvalue weighted by atomic mass is 10.1. The SMILES string of the molecule is COc1ccc([N+](=O)[O-])cc1N(CC(=O)N(Cc1cccc(Cl)c1)C(C)C(=O)NCC(C)C)S(C)(=O)=O. The summed E-state index contributed by atoms with van der Waals surface area (Å²) >= 11 is 6.09. The van der Waals surface area contributed by atoms with E-state index < -0.39 is 39.3 Å². The number of hydrogen-bond acceptors (Lipinski definition) is 7. The Bertz CT molecular complexity index is 1250. The van der Waals surface area contributed by atoms with Crippen molar-refractivity contribution in [2.75, 3.05) is 30.8 Å². The molecule has 37 heavy (non-hydrogen) atoms. The minimum absolute atomic E-state index is 0.0212. The molecule has 202 valence electrons. The fourth-order valence-electron chi connectivity index (χ4n) is 3.45. The average Bonchev–Trinajstić information content (AvgIpc) is 2.82. The maximum absolute atomic E-state index is 13.6. The molecule has 2 amide bonds. The average molecular weight is 555 g/mol. The van der Waals surface area contributed by atoms with Crippen LogP contribution in [-0.2, 0) is 26.2 Å². The Morgan fingerprint density at radius 1 is 1.16 bits per heavy atom. The molecule has 0 fully saturated rings. The van der Waals surface area contributed by atoms with E-state index in [1.807, 2.05) is 13.8 Å². The first-order valence-corrected chi connectivity index (χ1v) is 13.6. The number of methoxy groups -OCH3 is 1. The molecule has 2 aromatic rings. The summed E-state index contributed by atoms with van der Waals surface area (Å²) in [6.45, 7) is 5.03. The summed E-state index contributed by atoms with van der Waals surface area (Å²) in [5.41, 5.74) is 0.0736. The van der Waals surface area contributed by atoms with Crippen LogP contribution in [0.25, 0.3) is 0 Å². The van der Waals surface area contributed by atoms with E-state index in [1.165, 1.54) is 25.0 Å². The molecule has 13 heteroatoms. The van der Waals surface area contributed by atoms with E-state index in [-0.39, 0.29) is 29.6 Å². The number of nitrogens with zero attached hydrogens (tertiary/aromatic N) is 3. The third-order valence-electron chi connectivity index (χ3n) is 5.41. The molecule has 0 aliphatic heterocycles. The number of carbonyl (C=O) groups excluding carboxylic acids is 2. The van der Waals surface area contributed by atoms with Crippen LogP contribution < -0.4 is 14.4 Å². The number of carbonyl (C=O) groups is 2. The zero-order valence-electron chi connectivity index (χ0n) is 21.3. The largest absolute Gasteiger partial charge is 0.495 e. The number of nitrogens with one attached hydrogen (secondary N) is 1. The first-order chi connectivity index (χ1) is 17.2. The zero-order valence-corrected chi connectivity index (χ0v) is 22.9. The molecular weight excluding hydrogens is 524 g/mol. The number of benzene rings is 2. The number of halogens is 1. The molecule has 0 spiro atoms. The molecule has 0 bridgehead atoms. The number of nitro benzene ring substituents is 1. The highest BCUT2D eigenvalue weighted by molar-refractivity contribution is 7.92. The highest BCUT2D eigenvalue weighted by Gasteiger charge is 2.32. The third-order valence-corrected chi connectivity index (χ3v) is 6.78. The fourth-order valence-corrected chi connectivity index (χ4v) is 4.51. The number of rotatable bonds is 12. The number of anilines is 1. The van der Waals surface area contributed by atoms with E-state index in [9.17, 15) is 28.1 Å². The molecule has 2 rings (SSSR count). The van der Waals surface area contributed by atoms with Gasteiger partial charge in [-0.3, -0.25) is 24.0 Å². The topological polar surface area (TPSA) is 139 Å². The summed E-state index contributed by atoms with van der Waals surface area (Å²) in [5, 5.41) is 14.5. The van der Waals surface area contributed by atoms with Crippen molar-refractivity contribution in [3.63, 3.8) is 0 Å². The first kappa shape index (κ1) is 29.8. The van der Waals surface area contributed by atoms with Gasteiger partial charge in [-0.05, 0) is 36.6 Å². The Morgan fingerprint density at radius 3 is 2.38 bits per heavy atom. The number of sulfonamides is 1. The van der Waals surface area contributed by atoms with E-state index in [2.05, 4.69) is 5.32 Å². The maximum atomic E-state index is 13.6. The van der Waals surface area contributed by atoms with Crippen LogP contribution in [0.3, 0.4) is 0 Å². The standard InChI is InChI=1S/C24H31ClN4O7S/c1-16(2)13-26-24(31)17(3)27(14-18-7-6-8-19(25)11-18)23(30)15-28(37(5,34)35)21-12-20(29(32)33)9-10-22(21)36-4/h6-12,16-17H,13-15H2,1-5H3,(H,26,31). The van der Waals surface area contributed by atoms with Gasteiger partial charge in [0.2, 0.25) is 21.8 Å². The minimum atomic E-state index is -4.11. The molecule has 1 atom stereocenters. The lowest BCUT2D eigenvalue weighted by molar-refractivity contribution is -0.384. The zero-order chi connectivity index (χ0) is 27.9. The molecule has 0 aliphatic carbocycles. The van der Waals surface area contributed by atoms with E-state index >= 15 is 0 Å². The van der Waals surface area contributed by atoms with Crippen molar-refractivity contribution < 1.29 is 27.7 Å². The van der Waals surface area contributed by atoms with E-state index in [1.54, 1.807) is 24.3 Å². The molecule has 0 aliphatic rings. The van der Waals surface area contributed by atoms with Crippen LogP contribution in [0.1, 0.15) is 26.3 Å². The second kappa shape index (κ2) is 12.7. The van der Waals surface area contributed by atoms with Crippen LogP contribution >= 0.6 is 11.6 Å². The molecular formula is C24H31ClN4O7S. The smallest absolute Gasteiger partial charge is 0.271 e. The van der Waals surface area contributed by atoms with Crippen molar-refractivity contribution in [2.45, 2.75) is 33.4 Å². The van der Waals surface area contributed by atoms with Gasteiger partial charge in [0.1, 0.15) is 24.0 Å². The quantitative estimate of drug-likeness (QED) is 0.314. The van der Waals surface area contributed by atoms with E-state index in [0.29, 0.717) is 17.1 Å². The molecule has 0 saturated heterocycles. The fraction of sp³-hybridized carbons (Fsp3) is 0.417. The summed E-state index contributed by atoms with van der Waals surface area (Å²) < 4.78 is 31.5. The summed E-state index contributed by atoms with van der Waals surface area (Å²) in [4.78, 5) is 38.3. The molecule has 1 unspecified atom stereocenters. The van der Waals surface area contributed by atoms with Gasteiger partial charge in [0, 0.05) is 30.2 Å². The number of ether oxygens (including phenoxy) is 1. The Labute approximate surface area is 221 Å². The summed E-state index contributed by atoms with van der Waals surface area (Å²) in [5.74, 6) is -0.919. The van der Waals surface area contributed by atoms with Crippen molar-refractivity contribution >= 4 is 44.8 Å². The van der Waals surface area contributed by atoms with E-state index in [4.69, 9.17) is 16.3 Å². The van der Waals surface area contributed by atoms with E-state index in [0.717, 1.165) is 22.7 Å².